The maximum atomic E-state index is 12.0. The summed E-state index contributed by atoms with van der Waals surface area (Å²) in [7, 11) is -3.15. The first kappa shape index (κ1) is 14.1. The van der Waals surface area contributed by atoms with Crippen molar-refractivity contribution in [3.05, 3.63) is 40.5 Å². The van der Waals surface area contributed by atoms with Crippen LogP contribution in [-0.2, 0) is 9.84 Å². The molecule has 0 unspecified atom stereocenters. The van der Waals surface area contributed by atoms with Gasteiger partial charge in [0.2, 0.25) is 0 Å². The monoisotopic (exact) mass is 341 g/mol. The third-order valence-corrected chi connectivity index (χ3v) is 4.19. The van der Waals surface area contributed by atoms with Gasteiger partial charge in [0.05, 0.1) is 11.3 Å². The van der Waals surface area contributed by atoms with E-state index in [1.165, 1.54) is 0 Å². The van der Waals surface area contributed by atoms with Gasteiger partial charge in [0.15, 0.2) is 5.78 Å². The molecule has 0 atom stereocenters. The van der Waals surface area contributed by atoms with E-state index in [-0.39, 0.29) is 23.7 Å². The number of ketones is 1. The Labute approximate surface area is 119 Å². The fourth-order valence-corrected chi connectivity index (χ4v) is 2.79. The Hall–Kier alpha value is -1.27. The largest absolute Gasteiger partial charge is 0.292 e. The lowest BCUT2D eigenvalue weighted by Crippen LogP contribution is -2.11. The molecular weight excluding hydrogens is 330 g/mol. The van der Waals surface area contributed by atoms with E-state index in [4.69, 9.17) is 0 Å². The number of hydrogen-bond acceptors (Lipinski definition) is 4. The van der Waals surface area contributed by atoms with E-state index in [0.717, 1.165) is 11.6 Å². The maximum absolute atomic E-state index is 12.0. The van der Waals surface area contributed by atoms with Gasteiger partial charge in [-0.3, -0.25) is 4.79 Å². The number of benzene rings is 1. The van der Waals surface area contributed by atoms with Gasteiger partial charge in [-0.2, -0.15) is 0 Å². The van der Waals surface area contributed by atoms with Gasteiger partial charge in [-0.1, -0.05) is 18.2 Å². The molecule has 19 heavy (non-hydrogen) atoms. The molecule has 0 amide bonds. The van der Waals surface area contributed by atoms with Gasteiger partial charge >= 0.3 is 0 Å². The van der Waals surface area contributed by atoms with Gasteiger partial charge < -0.3 is 0 Å². The van der Waals surface area contributed by atoms with E-state index in [1.807, 2.05) is 30.3 Å². The first-order valence-corrected chi connectivity index (χ1v) is 8.48. The van der Waals surface area contributed by atoms with Crippen LogP contribution in [0.15, 0.2) is 34.8 Å². The van der Waals surface area contributed by atoms with Gasteiger partial charge in [0, 0.05) is 22.5 Å². The third kappa shape index (κ3) is 3.61. The van der Waals surface area contributed by atoms with Crippen molar-refractivity contribution in [2.45, 2.75) is 6.42 Å². The van der Waals surface area contributed by atoms with Crippen molar-refractivity contribution in [3.8, 4) is 0 Å². The van der Waals surface area contributed by atoms with Crippen LogP contribution in [0.5, 0.6) is 0 Å². The zero-order chi connectivity index (χ0) is 14.0. The Bertz CT molecular complexity index is 741. The number of nitrogens with zero attached hydrogens (tertiary/aromatic N) is 1. The summed E-state index contributed by atoms with van der Waals surface area (Å²) in [5, 5.41) is 0.925. The van der Waals surface area contributed by atoms with Crippen LogP contribution in [0.4, 0.5) is 0 Å². The van der Waals surface area contributed by atoms with Crippen molar-refractivity contribution >= 4 is 42.5 Å². The second-order valence-electron chi connectivity index (χ2n) is 4.31. The molecule has 4 nitrogen and oxygen atoms in total. The van der Waals surface area contributed by atoms with Gasteiger partial charge in [0.1, 0.15) is 15.5 Å². The molecule has 0 fully saturated rings. The van der Waals surface area contributed by atoms with E-state index in [1.54, 1.807) is 0 Å². The summed E-state index contributed by atoms with van der Waals surface area (Å²) in [6.45, 7) is 0. The smallest absolute Gasteiger partial charge is 0.183 e. The number of aromatic nitrogens is 1. The zero-order valence-corrected chi connectivity index (χ0v) is 12.7. The van der Waals surface area contributed by atoms with Gasteiger partial charge in [0.25, 0.3) is 0 Å². The molecule has 2 rings (SSSR count). The first-order chi connectivity index (χ1) is 8.87. The van der Waals surface area contributed by atoms with E-state index < -0.39 is 9.84 Å². The molecule has 0 radical (unpaired) electrons. The highest BCUT2D eigenvalue weighted by atomic mass is 79.9. The summed E-state index contributed by atoms with van der Waals surface area (Å²) in [6.07, 6.45) is 1.06. The van der Waals surface area contributed by atoms with Crippen LogP contribution in [0.2, 0.25) is 0 Å². The van der Waals surface area contributed by atoms with Gasteiger partial charge in [-0.15, -0.1) is 0 Å². The summed E-state index contributed by atoms with van der Waals surface area (Å²) < 4.78 is 22.7. The van der Waals surface area contributed by atoms with Crippen molar-refractivity contribution in [2.24, 2.45) is 0 Å². The van der Waals surface area contributed by atoms with Crippen LogP contribution in [0, 0.1) is 0 Å². The molecule has 0 saturated carbocycles. The third-order valence-electron chi connectivity index (χ3n) is 2.64. The minimum Gasteiger partial charge on any atom is -0.292 e. The van der Waals surface area contributed by atoms with Crippen LogP contribution in [0.3, 0.4) is 0 Å². The molecule has 2 aromatic rings. The molecule has 1 aromatic heterocycles. The maximum Gasteiger partial charge on any atom is 0.183 e. The Kier molecular flexibility index (Phi) is 4.01. The van der Waals surface area contributed by atoms with E-state index >= 15 is 0 Å². The molecule has 0 aliphatic rings. The first-order valence-electron chi connectivity index (χ1n) is 5.63. The highest BCUT2D eigenvalue weighted by molar-refractivity contribution is 9.10. The molecule has 0 N–H and O–H groups in total. The molecule has 100 valence electrons. The highest BCUT2D eigenvalue weighted by Crippen LogP contribution is 2.22. The Morgan fingerprint density at radius 2 is 2.00 bits per heavy atom. The van der Waals surface area contributed by atoms with Crippen LogP contribution in [0.25, 0.3) is 10.9 Å². The highest BCUT2D eigenvalue weighted by Gasteiger charge is 2.15. The lowest BCUT2D eigenvalue weighted by atomic mass is 10.1. The lowest BCUT2D eigenvalue weighted by molar-refractivity contribution is 0.0983. The van der Waals surface area contributed by atoms with Crippen molar-refractivity contribution in [1.82, 2.24) is 4.98 Å². The van der Waals surface area contributed by atoms with E-state index in [2.05, 4.69) is 20.9 Å². The molecule has 6 heteroatoms. The molecule has 0 saturated heterocycles. The number of halogens is 1. The topological polar surface area (TPSA) is 64.1 Å². The molecule has 0 bridgehead atoms. The van der Waals surface area contributed by atoms with Gasteiger partial charge in [-0.05, 0) is 28.1 Å². The number of Topliss-reactive ketones (excluding diaryl/α,β-unsaturated/α-hetero) is 1. The van der Waals surface area contributed by atoms with Crippen molar-refractivity contribution in [2.75, 3.05) is 12.0 Å². The summed E-state index contributed by atoms with van der Waals surface area (Å²) in [6, 6.07) is 9.26. The Balaban J connectivity index is 2.34. The average molecular weight is 342 g/mol. The number of para-hydroxylation sites is 1. The second kappa shape index (κ2) is 5.38. The second-order valence-corrected chi connectivity index (χ2v) is 7.43. The fourth-order valence-electron chi connectivity index (χ4n) is 1.68. The van der Waals surface area contributed by atoms with Crippen LogP contribution >= 0.6 is 15.9 Å². The standard InChI is InChI=1S/C13H12BrNO3S/c1-19(17,18)7-6-12(16)13-10(14)8-9-4-2-3-5-11(9)15-13/h2-5,8H,6-7H2,1H3. The average Bonchev–Trinajstić information content (AvgIpc) is 2.34. The van der Waals surface area contributed by atoms with Crippen LogP contribution in [0.1, 0.15) is 16.9 Å². The number of hydrogen-bond donors (Lipinski definition) is 0. The summed E-state index contributed by atoms with van der Waals surface area (Å²) in [5.41, 5.74) is 0.996. The molecule has 0 aliphatic heterocycles. The van der Waals surface area contributed by atoms with Crippen LogP contribution in [-0.4, -0.2) is 31.2 Å². The number of rotatable bonds is 4. The summed E-state index contributed by atoms with van der Waals surface area (Å²) in [5.74, 6) is -0.435. The Morgan fingerprint density at radius 1 is 1.32 bits per heavy atom. The number of pyridine rings is 1. The molecular formula is C13H12BrNO3S. The minimum absolute atomic E-state index is 0.0528. The number of sulfone groups is 1. The van der Waals surface area contributed by atoms with Crippen molar-refractivity contribution in [1.29, 1.82) is 0 Å². The number of carbonyl (C=O) groups excluding carboxylic acids is 1. The number of carbonyl (C=O) groups is 1. The predicted octanol–water partition coefficient (Wildman–Crippen LogP) is 2.61. The molecule has 0 aliphatic carbocycles. The Morgan fingerprint density at radius 3 is 2.68 bits per heavy atom. The lowest BCUT2D eigenvalue weighted by Gasteiger charge is -2.05. The predicted molar refractivity (Wildman–Crippen MR) is 78.1 cm³/mol. The van der Waals surface area contributed by atoms with Crippen molar-refractivity contribution < 1.29 is 13.2 Å². The zero-order valence-electron chi connectivity index (χ0n) is 10.3. The van der Waals surface area contributed by atoms with Gasteiger partial charge in [-0.25, -0.2) is 13.4 Å². The molecule has 1 aromatic carbocycles. The van der Waals surface area contributed by atoms with E-state index in [0.29, 0.717) is 9.99 Å². The van der Waals surface area contributed by atoms with E-state index in [9.17, 15) is 13.2 Å². The number of fused-ring (bicyclic) bond motifs is 1. The summed E-state index contributed by atoms with van der Waals surface area (Å²) >= 11 is 3.31. The summed E-state index contributed by atoms with van der Waals surface area (Å²) in [4.78, 5) is 16.3. The quantitative estimate of drug-likeness (QED) is 0.802. The van der Waals surface area contributed by atoms with Crippen molar-refractivity contribution in [3.63, 3.8) is 0 Å². The van der Waals surface area contributed by atoms with Crippen LogP contribution < -0.4 is 0 Å². The molecule has 0 spiro atoms. The normalized spacial score (nSPS) is 11.7. The molecule has 1 heterocycles. The SMILES string of the molecule is CS(=O)(=O)CCC(=O)c1nc2ccccc2cc1Br. The minimum atomic E-state index is -3.15. The fraction of sp³-hybridized carbons (Fsp3) is 0.231.